The number of carbonyl (C=O) groups is 1. The van der Waals surface area contributed by atoms with Gasteiger partial charge in [-0.1, -0.05) is 23.2 Å². The van der Waals surface area contributed by atoms with Gasteiger partial charge in [-0.3, -0.25) is 4.90 Å². The zero-order chi connectivity index (χ0) is 20.5. The van der Waals surface area contributed by atoms with Gasteiger partial charge in [0.15, 0.2) is 0 Å². The fourth-order valence-corrected chi connectivity index (χ4v) is 3.94. The topological polar surface area (TPSA) is 48.0 Å². The number of nitrogens with zero attached hydrogens (tertiary/aromatic N) is 1. The molecule has 0 unspecified atom stereocenters. The van der Waals surface area contributed by atoms with Crippen LogP contribution in [0.4, 0.5) is 0 Å². The van der Waals surface area contributed by atoms with Crippen LogP contribution in [0.3, 0.4) is 0 Å². The molecule has 0 amide bonds. The Bertz CT molecular complexity index is 721. The largest absolute Gasteiger partial charge is 0.459 e. The van der Waals surface area contributed by atoms with E-state index in [1.54, 1.807) is 48.5 Å². The van der Waals surface area contributed by atoms with Crippen LogP contribution in [0.15, 0.2) is 48.5 Å². The quantitative estimate of drug-likeness (QED) is 0.374. The van der Waals surface area contributed by atoms with Crippen LogP contribution in [0.5, 0.6) is 11.5 Å². The van der Waals surface area contributed by atoms with Crippen molar-refractivity contribution >= 4 is 53.3 Å². The first-order valence-corrected chi connectivity index (χ1v) is 11.3. The summed E-state index contributed by atoms with van der Waals surface area (Å²) in [5, 5.41) is 1.15. The summed E-state index contributed by atoms with van der Waals surface area (Å²) in [4.78, 5) is 15.0. The van der Waals surface area contributed by atoms with Crippen LogP contribution in [-0.2, 0) is 9.53 Å². The monoisotopic (exact) mass is 491 g/mol. The van der Waals surface area contributed by atoms with Crippen molar-refractivity contribution in [3.63, 3.8) is 0 Å². The molecule has 2 aromatic rings. The lowest BCUT2D eigenvalue weighted by atomic mass is 10.3. The Morgan fingerprint density at radius 2 is 1.50 bits per heavy atom. The van der Waals surface area contributed by atoms with Gasteiger partial charge in [0.2, 0.25) is 0 Å². The molecule has 0 aromatic heterocycles. The molecule has 0 atom stereocenters. The predicted octanol–water partition coefficient (Wildman–Crippen LogP) is 5.18. The van der Waals surface area contributed by atoms with Gasteiger partial charge >= 0.3 is 12.3 Å². The van der Waals surface area contributed by atoms with Gasteiger partial charge in [0, 0.05) is 28.9 Å². The number of benzene rings is 2. The van der Waals surface area contributed by atoms with Crippen LogP contribution in [-0.4, -0.2) is 54.9 Å². The van der Waals surface area contributed by atoms with Crippen LogP contribution in [0.1, 0.15) is 6.42 Å². The molecular formula is C21H24Cl3NO4S. The summed E-state index contributed by atoms with van der Waals surface area (Å²) in [6, 6.07) is 13.4. The van der Waals surface area contributed by atoms with Crippen LogP contribution in [0.25, 0.3) is 0 Å². The molecule has 2 aromatic carbocycles. The molecule has 5 nitrogen and oxygen atoms in total. The second kappa shape index (κ2) is 13.2. The Labute approximate surface area is 197 Å². The Morgan fingerprint density at radius 3 is 2.07 bits per heavy atom. The van der Waals surface area contributed by atoms with Crippen molar-refractivity contribution in [3.8, 4) is 11.5 Å². The summed E-state index contributed by atoms with van der Waals surface area (Å²) in [5.41, 5.74) is 0. The minimum atomic E-state index is -1.24. The standard InChI is InChI=1S/C21H23Cl2NO4S.ClH/c22-16-2-6-18(7-3-16)27-21(28-19-8-4-17(23)5-9-19)20(25)26-13-11-24-10-1-14-29-15-12-24;/h2-9,21H,1,10-15H2;1H. The van der Waals surface area contributed by atoms with Gasteiger partial charge in [0.1, 0.15) is 18.1 Å². The van der Waals surface area contributed by atoms with E-state index in [9.17, 15) is 4.79 Å². The van der Waals surface area contributed by atoms with Gasteiger partial charge in [-0.05, 0) is 67.2 Å². The molecule has 1 aliphatic heterocycles. The maximum atomic E-state index is 12.6. The summed E-state index contributed by atoms with van der Waals surface area (Å²) < 4.78 is 16.9. The van der Waals surface area contributed by atoms with Gasteiger partial charge in [0.05, 0.1) is 0 Å². The SMILES string of the molecule is Cl.O=C(OCCN1CCCSCC1)C(Oc1ccc(Cl)cc1)Oc1ccc(Cl)cc1. The highest BCUT2D eigenvalue weighted by molar-refractivity contribution is 7.99. The van der Waals surface area contributed by atoms with E-state index in [1.807, 2.05) is 11.8 Å². The van der Waals surface area contributed by atoms with Crippen LogP contribution in [0.2, 0.25) is 10.0 Å². The fourth-order valence-electron chi connectivity index (χ4n) is 2.76. The number of ether oxygens (including phenoxy) is 3. The van der Waals surface area contributed by atoms with E-state index in [0.29, 0.717) is 28.1 Å². The zero-order valence-corrected chi connectivity index (χ0v) is 19.4. The van der Waals surface area contributed by atoms with Crippen LogP contribution < -0.4 is 9.47 Å². The first-order chi connectivity index (χ1) is 14.1. The maximum absolute atomic E-state index is 12.6. The molecule has 0 bridgehead atoms. The third-order valence-electron chi connectivity index (χ3n) is 4.27. The van der Waals surface area contributed by atoms with Crippen molar-refractivity contribution in [2.75, 3.05) is 37.7 Å². The number of esters is 1. The molecule has 9 heteroatoms. The van der Waals surface area contributed by atoms with Crippen molar-refractivity contribution in [2.45, 2.75) is 12.7 Å². The second-order valence-electron chi connectivity index (χ2n) is 6.45. The molecule has 1 saturated heterocycles. The summed E-state index contributed by atoms with van der Waals surface area (Å²) in [5.74, 6) is 2.61. The molecule has 0 radical (unpaired) electrons. The van der Waals surface area contributed by atoms with Crippen LogP contribution >= 0.6 is 47.4 Å². The fraction of sp³-hybridized carbons (Fsp3) is 0.381. The van der Waals surface area contributed by atoms with Gasteiger partial charge in [-0.25, -0.2) is 4.79 Å². The number of thioether (sulfide) groups is 1. The van der Waals surface area contributed by atoms with E-state index in [-0.39, 0.29) is 19.0 Å². The van der Waals surface area contributed by atoms with E-state index in [1.165, 1.54) is 5.75 Å². The van der Waals surface area contributed by atoms with E-state index >= 15 is 0 Å². The Hall–Kier alpha value is -1.31. The molecule has 0 spiro atoms. The molecule has 30 heavy (non-hydrogen) atoms. The van der Waals surface area contributed by atoms with E-state index < -0.39 is 12.3 Å². The highest BCUT2D eigenvalue weighted by atomic mass is 35.5. The van der Waals surface area contributed by atoms with Crippen molar-refractivity contribution < 1.29 is 19.0 Å². The van der Waals surface area contributed by atoms with Crippen molar-refractivity contribution in [1.29, 1.82) is 0 Å². The summed E-state index contributed by atoms with van der Waals surface area (Å²) in [6.07, 6.45) is -0.0855. The number of hydrogen-bond donors (Lipinski definition) is 0. The molecule has 0 aliphatic carbocycles. The molecular weight excluding hydrogens is 469 g/mol. The number of halogens is 3. The minimum absolute atomic E-state index is 0. The van der Waals surface area contributed by atoms with Gasteiger partial charge in [-0.15, -0.1) is 12.4 Å². The number of carbonyl (C=O) groups excluding carboxylic acids is 1. The van der Waals surface area contributed by atoms with E-state index in [4.69, 9.17) is 37.4 Å². The normalized spacial score (nSPS) is 14.5. The summed E-state index contributed by atoms with van der Waals surface area (Å²) in [7, 11) is 0. The van der Waals surface area contributed by atoms with Crippen molar-refractivity contribution in [3.05, 3.63) is 58.6 Å². The lowest BCUT2D eigenvalue weighted by molar-refractivity contribution is -0.166. The van der Waals surface area contributed by atoms with E-state index in [0.717, 1.165) is 25.3 Å². The van der Waals surface area contributed by atoms with Crippen LogP contribution in [0, 0.1) is 0 Å². The first-order valence-electron chi connectivity index (χ1n) is 9.41. The molecule has 1 aliphatic rings. The first kappa shape index (κ1) is 25.0. The Morgan fingerprint density at radius 1 is 0.933 bits per heavy atom. The Kier molecular flexibility index (Phi) is 11.0. The second-order valence-corrected chi connectivity index (χ2v) is 8.55. The molecule has 3 rings (SSSR count). The smallest absolute Gasteiger partial charge is 0.389 e. The highest BCUT2D eigenvalue weighted by Crippen LogP contribution is 2.21. The van der Waals surface area contributed by atoms with Gasteiger partial charge in [0.25, 0.3) is 0 Å². The third-order valence-corrected chi connectivity index (χ3v) is 5.83. The molecule has 0 saturated carbocycles. The minimum Gasteiger partial charge on any atom is -0.459 e. The van der Waals surface area contributed by atoms with Gasteiger partial charge < -0.3 is 14.2 Å². The number of rotatable bonds is 8. The molecule has 164 valence electrons. The Balaban J connectivity index is 0.00000320. The third kappa shape index (κ3) is 8.44. The summed E-state index contributed by atoms with van der Waals surface area (Å²) in [6.45, 7) is 3.01. The lowest BCUT2D eigenvalue weighted by Crippen LogP contribution is -2.37. The summed E-state index contributed by atoms with van der Waals surface area (Å²) >= 11 is 13.8. The van der Waals surface area contributed by atoms with E-state index in [2.05, 4.69) is 4.90 Å². The average molecular weight is 493 g/mol. The predicted molar refractivity (Wildman–Crippen MR) is 125 cm³/mol. The average Bonchev–Trinajstić information content (AvgIpc) is 2.99. The highest BCUT2D eigenvalue weighted by Gasteiger charge is 2.25. The lowest BCUT2D eigenvalue weighted by Gasteiger charge is -2.21. The molecule has 1 heterocycles. The van der Waals surface area contributed by atoms with Crippen molar-refractivity contribution in [1.82, 2.24) is 4.90 Å². The molecule has 1 fully saturated rings. The number of hydrogen-bond acceptors (Lipinski definition) is 6. The maximum Gasteiger partial charge on any atom is 0.389 e. The zero-order valence-electron chi connectivity index (χ0n) is 16.3. The van der Waals surface area contributed by atoms with Gasteiger partial charge in [-0.2, -0.15) is 11.8 Å². The van der Waals surface area contributed by atoms with Crippen molar-refractivity contribution in [2.24, 2.45) is 0 Å². The molecule has 0 N–H and O–H groups in total.